The van der Waals surface area contributed by atoms with Crippen LogP contribution >= 0.6 is 0 Å². The molecule has 0 bridgehead atoms. The van der Waals surface area contributed by atoms with Crippen molar-refractivity contribution in [1.82, 2.24) is 0 Å². The SMILES string of the molecule is C=C1CC[C@@H]2[C@](C)(CO)[C@H](O[C@@H]3O[C@H](CO)[C@@H](O)[C@H](O)[C@H]3O)CC[C@@]2(C)[C@@H]1C/C=C1\C(=O)OC[C@H]1O. The Bertz CT molecular complexity index is 873. The first-order chi connectivity index (χ1) is 17.0. The molecule has 0 unspecified atom stereocenters. The van der Waals surface area contributed by atoms with Gasteiger partial charge in [0, 0.05) is 5.41 Å². The largest absolute Gasteiger partial charge is 0.459 e. The predicted molar refractivity (Wildman–Crippen MR) is 126 cm³/mol. The number of hydrogen-bond donors (Lipinski definition) is 6. The Balaban J connectivity index is 1.56. The molecule has 0 amide bonds. The van der Waals surface area contributed by atoms with Gasteiger partial charge in [0.25, 0.3) is 0 Å². The molecule has 2 aliphatic carbocycles. The molecule has 11 atom stereocenters. The van der Waals surface area contributed by atoms with Gasteiger partial charge in [-0.15, -0.1) is 0 Å². The van der Waals surface area contributed by atoms with E-state index in [4.69, 9.17) is 14.2 Å². The summed E-state index contributed by atoms with van der Waals surface area (Å²) in [4.78, 5) is 12.0. The van der Waals surface area contributed by atoms with Crippen molar-refractivity contribution in [2.45, 2.75) is 88.9 Å². The molecule has 6 N–H and O–H groups in total. The summed E-state index contributed by atoms with van der Waals surface area (Å²) in [7, 11) is 0. The normalized spacial score (nSPS) is 48.7. The van der Waals surface area contributed by atoms with E-state index < -0.39 is 60.9 Å². The van der Waals surface area contributed by atoms with E-state index in [1.807, 2.05) is 6.92 Å². The van der Waals surface area contributed by atoms with E-state index in [1.54, 1.807) is 6.08 Å². The fourth-order valence-electron chi connectivity index (χ4n) is 7.11. The summed E-state index contributed by atoms with van der Waals surface area (Å²) in [5.41, 5.74) is 0.356. The lowest BCUT2D eigenvalue weighted by Crippen LogP contribution is -2.63. The summed E-state index contributed by atoms with van der Waals surface area (Å²) < 4.78 is 16.7. The molecule has 4 rings (SSSR count). The zero-order valence-electron chi connectivity index (χ0n) is 21.0. The maximum Gasteiger partial charge on any atom is 0.336 e. The lowest BCUT2D eigenvalue weighted by Gasteiger charge is -2.61. The van der Waals surface area contributed by atoms with E-state index in [2.05, 4.69) is 13.5 Å². The first kappa shape index (κ1) is 27.7. The molecule has 0 spiro atoms. The van der Waals surface area contributed by atoms with Gasteiger partial charge >= 0.3 is 5.97 Å². The van der Waals surface area contributed by atoms with Crippen LogP contribution in [0.25, 0.3) is 0 Å². The first-order valence-corrected chi connectivity index (χ1v) is 12.8. The molecule has 0 aromatic heterocycles. The van der Waals surface area contributed by atoms with Crippen LogP contribution in [0.3, 0.4) is 0 Å². The maximum absolute atomic E-state index is 12.0. The molecule has 2 aliphatic heterocycles. The highest BCUT2D eigenvalue weighted by Crippen LogP contribution is 2.62. The highest BCUT2D eigenvalue weighted by Gasteiger charge is 2.59. The second kappa shape index (κ2) is 10.4. The third-order valence-corrected chi connectivity index (χ3v) is 9.34. The lowest BCUT2D eigenvalue weighted by molar-refractivity contribution is -0.330. The van der Waals surface area contributed by atoms with Crippen molar-refractivity contribution in [3.8, 4) is 0 Å². The van der Waals surface area contributed by atoms with E-state index in [-0.39, 0.29) is 36.0 Å². The van der Waals surface area contributed by atoms with Crippen LogP contribution in [-0.2, 0) is 19.0 Å². The van der Waals surface area contributed by atoms with Crippen molar-refractivity contribution < 1.29 is 49.6 Å². The van der Waals surface area contributed by atoms with Gasteiger partial charge in [0.1, 0.15) is 37.1 Å². The van der Waals surface area contributed by atoms with Crippen molar-refractivity contribution in [3.05, 3.63) is 23.8 Å². The molecule has 0 aromatic carbocycles. The van der Waals surface area contributed by atoms with Gasteiger partial charge in [-0.3, -0.25) is 0 Å². The highest BCUT2D eigenvalue weighted by molar-refractivity contribution is 5.91. The molecule has 10 heteroatoms. The van der Waals surface area contributed by atoms with Gasteiger partial charge in [0.2, 0.25) is 0 Å². The Hall–Kier alpha value is -1.37. The van der Waals surface area contributed by atoms with Crippen LogP contribution in [0.5, 0.6) is 0 Å². The lowest BCUT2D eigenvalue weighted by atomic mass is 9.46. The minimum Gasteiger partial charge on any atom is -0.459 e. The number of fused-ring (bicyclic) bond motifs is 1. The number of hydrogen-bond acceptors (Lipinski definition) is 10. The van der Waals surface area contributed by atoms with E-state index in [1.165, 1.54) is 0 Å². The van der Waals surface area contributed by atoms with Crippen molar-refractivity contribution >= 4 is 5.97 Å². The standard InChI is InChI=1S/C26H40O10/c1-13-4-7-18-25(2,15(13)6-5-14-16(29)11-34-23(14)33)9-8-19(26(18,3)12-28)36-24-22(32)21(31)20(30)17(10-27)35-24/h5,15-22,24,27-32H,1,4,6-12H2,2-3H3/b14-5-/t15-,16-,17-,18+,19-,20-,21+,22-,24+,25+,26+/m1/s1. The van der Waals surface area contributed by atoms with Gasteiger partial charge in [0.15, 0.2) is 6.29 Å². The smallest absolute Gasteiger partial charge is 0.336 e. The van der Waals surface area contributed by atoms with Crippen LogP contribution in [0.4, 0.5) is 0 Å². The molecular weight excluding hydrogens is 472 g/mol. The van der Waals surface area contributed by atoms with Gasteiger partial charge in [-0.05, 0) is 49.4 Å². The molecule has 0 aromatic rings. The Morgan fingerprint density at radius 1 is 1.11 bits per heavy atom. The first-order valence-electron chi connectivity index (χ1n) is 12.8. The van der Waals surface area contributed by atoms with Gasteiger partial charge in [-0.1, -0.05) is 32.1 Å². The molecule has 4 aliphatic rings. The number of carbonyl (C=O) groups excluding carboxylic acids is 1. The average molecular weight is 513 g/mol. The fraction of sp³-hybridized carbons (Fsp3) is 0.808. The molecule has 4 fully saturated rings. The highest BCUT2D eigenvalue weighted by atomic mass is 16.7. The van der Waals surface area contributed by atoms with Crippen LogP contribution in [0.1, 0.15) is 46.0 Å². The van der Waals surface area contributed by atoms with Gasteiger partial charge in [0.05, 0.1) is 24.9 Å². The Morgan fingerprint density at radius 2 is 1.83 bits per heavy atom. The van der Waals surface area contributed by atoms with Gasteiger partial charge in [-0.2, -0.15) is 0 Å². The number of aliphatic hydroxyl groups is 6. The quantitative estimate of drug-likeness (QED) is 0.121. The number of aliphatic hydroxyl groups excluding tert-OH is 6. The number of cyclic esters (lactones) is 1. The molecule has 36 heavy (non-hydrogen) atoms. The summed E-state index contributed by atoms with van der Waals surface area (Å²) in [6.45, 7) is 7.68. The zero-order valence-corrected chi connectivity index (χ0v) is 21.0. The van der Waals surface area contributed by atoms with Crippen LogP contribution in [0.15, 0.2) is 23.8 Å². The van der Waals surface area contributed by atoms with E-state index in [0.29, 0.717) is 12.8 Å². The number of esters is 1. The summed E-state index contributed by atoms with van der Waals surface area (Å²) in [6.07, 6.45) is -3.26. The molecule has 10 nitrogen and oxygen atoms in total. The van der Waals surface area contributed by atoms with Crippen molar-refractivity contribution in [3.63, 3.8) is 0 Å². The minimum absolute atomic E-state index is 0.00740. The average Bonchev–Trinajstić information content (AvgIpc) is 3.17. The summed E-state index contributed by atoms with van der Waals surface area (Å²) in [6, 6.07) is 0. The monoisotopic (exact) mass is 512 g/mol. The predicted octanol–water partition coefficient (Wildman–Crippen LogP) is -0.213. The maximum atomic E-state index is 12.0. The second-order valence-corrected chi connectivity index (χ2v) is 11.3. The number of allylic oxidation sites excluding steroid dienone is 2. The van der Waals surface area contributed by atoms with Crippen molar-refractivity contribution in [2.75, 3.05) is 19.8 Å². The van der Waals surface area contributed by atoms with Crippen LogP contribution in [0.2, 0.25) is 0 Å². The number of rotatable bonds is 6. The molecular formula is C26H40O10. The van der Waals surface area contributed by atoms with Crippen LogP contribution in [0, 0.1) is 22.7 Å². The third-order valence-electron chi connectivity index (χ3n) is 9.34. The molecule has 2 saturated heterocycles. The van der Waals surface area contributed by atoms with Gasteiger partial charge in [-0.25, -0.2) is 4.79 Å². The number of ether oxygens (including phenoxy) is 3. The summed E-state index contributed by atoms with van der Waals surface area (Å²) >= 11 is 0. The van der Waals surface area contributed by atoms with Crippen molar-refractivity contribution in [1.29, 1.82) is 0 Å². The Morgan fingerprint density at radius 3 is 2.44 bits per heavy atom. The molecule has 2 saturated carbocycles. The summed E-state index contributed by atoms with van der Waals surface area (Å²) in [5.74, 6) is -0.473. The van der Waals surface area contributed by atoms with Crippen molar-refractivity contribution in [2.24, 2.45) is 22.7 Å². The zero-order chi connectivity index (χ0) is 26.4. The van der Waals surface area contributed by atoms with Crippen LogP contribution in [-0.4, -0.2) is 99.3 Å². The topological polar surface area (TPSA) is 166 Å². The minimum atomic E-state index is -1.54. The second-order valence-electron chi connectivity index (χ2n) is 11.3. The van der Waals surface area contributed by atoms with E-state index in [9.17, 15) is 35.4 Å². The van der Waals surface area contributed by atoms with E-state index in [0.717, 1.165) is 24.8 Å². The van der Waals surface area contributed by atoms with Gasteiger partial charge < -0.3 is 44.8 Å². The molecule has 0 radical (unpaired) electrons. The fourth-order valence-corrected chi connectivity index (χ4v) is 7.11. The third kappa shape index (κ3) is 4.56. The van der Waals surface area contributed by atoms with E-state index >= 15 is 0 Å². The molecule has 204 valence electrons. The summed E-state index contributed by atoms with van der Waals surface area (Å²) in [5, 5.41) is 61.0. The van der Waals surface area contributed by atoms with Crippen LogP contribution < -0.4 is 0 Å². The number of carbonyl (C=O) groups is 1. The Labute approximate surface area is 211 Å². The molecule has 2 heterocycles. The Kier molecular flexibility index (Phi) is 8.00.